The van der Waals surface area contributed by atoms with Crippen LogP contribution in [0, 0.1) is 0 Å². The van der Waals surface area contributed by atoms with E-state index in [1.54, 1.807) is 24.3 Å². The van der Waals surface area contributed by atoms with Gasteiger partial charge in [0.05, 0.1) is 21.9 Å². The predicted octanol–water partition coefficient (Wildman–Crippen LogP) is 4.29. The summed E-state index contributed by atoms with van der Waals surface area (Å²) in [6.45, 7) is 1.84. The minimum absolute atomic E-state index is 0.221. The topological polar surface area (TPSA) is 85.6 Å². The van der Waals surface area contributed by atoms with Gasteiger partial charge in [-0.2, -0.15) is 4.80 Å². The van der Waals surface area contributed by atoms with Crippen LogP contribution in [0.5, 0.6) is 0 Å². The largest absolute Gasteiger partial charge is 0.322 e. The molecule has 1 N–H and O–H groups in total. The number of hydrogen-bond acceptors (Lipinski definition) is 5. The number of amides is 1. The van der Waals surface area contributed by atoms with E-state index in [9.17, 15) is 4.79 Å². The van der Waals surface area contributed by atoms with Gasteiger partial charge >= 0.3 is 0 Å². The number of carbonyl (C=O) groups is 1. The molecule has 0 fully saturated rings. The van der Waals surface area contributed by atoms with Gasteiger partial charge in [0, 0.05) is 16.8 Å². The van der Waals surface area contributed by atoms with Gasteiger partial charge in [-0.1, -0.05) is 41.7 Å². The number of halogens is 3. The first-order valence-corrected chi connectivity index (χ1v) is 8.78. The summed E-state index contributed by atoms with van der Waals surface area (Å²) >= 11 is 17.9. The van der Waals surface area contributed by atoms with Crippen molar-refractivity contribution in [2.75, 3.05) is 5.32 Å². The highest BCUT2D eigenvalue weighted by molar-refractivity contribution is 6.43. The number of rotatable bonds is 5. The van der Waals surface area contributed by atoms with E-state index >= 15 is 0 Å². The maximum atomic E-state index is 12.6. The van der Waals surface area contributed by atoms with Crippen molar-refractivity contribution in [3.8, 4) is 11.4 Å². The maximum absolute atomic E-state index is 12.6. The Morgan fingerprint density at radius 2 is 1.92 bits per heavy atom. The first-order valence-electron chi connectivity index (χ1n) is 7.65. The molecule has 26 heavy (non-hydrogen) atoms. The first-order chi connectivity index (χ1) is 12.5. The van der Waals surface area contributed by atoms with Crippen LogP contribution in [-0.4, -0.2) is 31.1 Å². The number of benzene rings is 1. The Labute approximate surface area is 164 Å². The van der Waals surface area contributed by atoms with E-state index in [0.717, 1.165) is 5.56 Å². The summed E-state index contributed by atoms with van der Waals surface area (Å²) in [5, 5.41) is 16.1. The Bertz CT molecular complexity index is 928. The second-order valence-corrected chi connectivity index (χ2v) is 6.56. The van der Waals surface area contributed by atoms with Crippen LogP contribution in [0.3, 0.4) is 0 Å². The van der Waals surface area contributed by atoms with E-state index in [-0.39, 0.29) is 16.0 Å². The van der Waals surface area contributed by atoms with Crippen molar-refractivity contribution in [3.63, 3.8) is 0 Å². The molecule has 0 bridgehead atoms. The fourth-order valence-corrected chi connectivity index (χ4v) is 2.68. The van der Waals surface area contributed by atoms with Gasteiger partial charge in [-0.3, -0.25) is 9.78 Å². The fourth-order valence-electron chi connectivity index (χ4n) is 2.25. The Morgan fingerprint density at radius 1 is 1.19 bits per heavy atom. The first kappa shape index (κ1) is 18.6. The zero-order valence-corrected chi connectivity index (χ0v) is 15.8. The maximum Gasteiger partial charge on any atom is 0.251 e. The average Bonchev–Trinajstić information content (AvgIpc) is 3.10. The van der Waals surface area contributed by atoms with Crippen LogP contribution >= 0.6 is 34.8 Å². The summed E-state index contributed by atoms with van der Waals surface area (Å²) in [6, 6.07) is 6.36. The van der Waals surface area contributed by atoms with Crippen LogP contribution in [0.4, 0.5) is 5.69 Å². The highest BCUT2D eigenvalue weighted by atomic mass is 35.5. The third kappa shape index (κ3) is 3.95. The van der Waals surface area contributed by atoms with Crippen LogP contribution in [-0.2, 0) is 4.79 Å². The third-order valence-electron chi connectivity index (χ3n) is 3.59. The van der Waals surface area contributed by atoms with Crippen molar-refractivity contribution in [3.05, 3.63) is 51.7 Å². The van der Waals surface area contributed by atoms with Crippen molar-refractivity contribution in [1.29, 1.82) is 0 Å². The molecule has 2 aromatic heterocycles. The quantitative estimate of drug-likeness (QED) is 0.677. The van der Waals surface area contributed by atoms with E-state index in [4.69, 9.17) is 34.8 Å². The van der Waals surface area contributed by atoms with Gasteiger partial charge in [-0.15, -0.1) is 10.2 Å². The molecule has 3 aromatic rings. The SMILES string of the molecule is CCC(C(=O)Nc1cncc(Cl)c1Cl)n1nnc(-c2ccc(Cl)cc2)n1. The normalized spacial score (nSPS) is 12.0. The zero-order valence-electron chi connectivity index (χ0n) is 13.5. The number of carbonyl (C=O) groups excluding carboxylic acids is 1. The number of nitrogens with zero attached hydrogens (tertiary/aromatic N) is 5. The predicted molar refractivity (Wildman–Crippen MR) is 100 cm³/mol. The Morgan fingerprint density at radius 3 is 2.62 bits per heavy atom. The van der Waals surface area contributed by atoms with E-state index in [2.05, 4.69) is 25.7 Å². The highest BCUT2D eigenvalue weighted by Crippen LogP contribution is 2.29. The lowest BCUT2D eigenvalue weighted by Crippen LogP contribution is -2.27. The third-order valence-corrected chi connectivity index (χ3v) is 4.64. The molecule has 0 aliphatic heterocycles. The average molecular weight is 412 g/mol. The van der Waals surface area contributed by atoms with Gasteiger partial charge in [-0.25, -0.2) is 0 Å². The minimum Gasteiger partial charge on any atom is -0.322 e. The highest BCUT2D eigenvalue weighted by Gasteiger charge is 2.23. The Balaban J connectivity index is 1.81. The number of aromatic nitrogens is 5. The van der Waals surface area contributed by atoms with Gasteiger partial charge in [0.25, 0.3) is 5.91 Å². The monoisotopic (exact) mass is 410 g/mol. The number of nitrogens with one attached hydrogen (secondary N) is 1. The molecule has 0 aliphatic rings. The molecule has 3 rings (SSSR count). The van der Waals surface area contributed by atoms with Crippen LogP contribution in [0.2, 0.25) is 15.1 Å². The lowest BCUT2D eigenvalue weighted by molar-refractivity contribution is -0.119. The second-order valence-electron chi connectivity index (χ2n) is 5.34. The molecule has 0 aliphatic carbocycles. The molecule has 0 saturated carbocycles. The number of hydrogen-bond donors (Lipinski definition) is 1. The van der Waals surface area contributed by atoms with E-state index < -0.39 is 6.04 Å². The number of pyridine rings is 1. The molecule has 7 nitrogen and oxygen atoms in total. The van der Waals surface area contributed by atoms with Gasteiger partial charge in [0.1, 0.15) is 0 Å². The van der Waals surface area contributed by atoms with Crippen LogP contribution in [0.1, 0.15) is 19.4 Å². The summed E-state index contributed by atoms with van der Waals surface area (Å²) in [7, 11) is 0. The van der Waals surface area contributed by atoms with Crippen molar-refractivity contribution >= 4 is 46.4 Å². The van der Waals surface area contributed by atoms with Crippen LogP contribution < -0.4 is 5.32 Å². The van der Waals surface area contributed by atoms with Gasteiger partial charge in [0.2, 0.25) is 5.82 Å². The number of anilines is 1. The summed E-state index contributed by atoms with van der Waals surface area (Å²) in [5.41, 5.74) is 1.07. The van der Waals surface area contributed by atoms with Gasteiger partial charge in [0.15, 0.2) is 6.04 Å². The summed E-state index contributed by atoms with van der Waals surface area (Å²) in [5.74, 6) is 0.0499. The molecular formula is C16H13Cl3N6O. The molecule has 0 saturated heterocycles. The minimum atomic E-state index is -0.668. The molecule has 10 heteroatoms. The van der Waals surface area contributed by atoms with Crippen LogP contribution in [0.25, 0.3) is 11.4 Å². The van der Waals surface area contributed by atoms with E-state index in [0.29, 0.717) is 23.0 Å². The van der Waals surface area contributed by atoms with Crippen molar-refractivity contribution in [2.24, 2.45) is 0 Å². The molecule has 1 atom stereocenters. The Hall–Kier alpha value is -2.22. The molecule has 1 amide bonds. The molecule has 134 valence electrons. The molecular weight excluding hydrogens is 399 g/mol. The van der Waals surface area contributed by atoms with E-state index in [1.165, 1.54) is 17.2 Å². The van der Waals surface area contributed by atoms with Crippen molar-refractivity contribution in [1.82, 2.24) is 25.2 Å². The lowest BCUT2D eigenvalue weighted by atomic mass is 10.2. The fraction of sp³-hybridized carbons (Fsp3) is 0.188. The standard InChI is InChI=1S/C16H13Cl3N6O/c1-2-13(16(26)21-12-8-20-7-11(18)14(12)19)25-23-15(22-24-25)9-3-5-10(17)6-4-9/h3-8,13H,2H2,1H3,(H,21,26). The second kappa shape index (κ2) is 7.99. The number of tetrazole rings is 1. The van der Waals surface area contributed by atoms with Crippen LogP contribution in [0.15, 0.2) is 36.7 Å². The zero-order chi connectivity index (χ0) is 18.7. The van der Waals surface area contributed by atoms with Crippen molar-refractivity contribution in [2.45, 2.75) is 19.4 Å². The lowest BCUT2D eigenvalue weighted by Gasteiger charge is -2.14. The van der Waals surface area contributed by atoms with Crippen molar-refractivity contribution < 1.29 is 4.79 Å². The molecule has 0 spiro atoms. The molecule has 1 aromatic carbocycles. The summed E-state index contributed by atoms with van der Waals surface area (Å²) in [4.78, 5) is 17.8. The molecule has 2 heterocycles. The van der Waals surface area contributed by atoms with E-state index in [1.807, 2.05) is 6.92 Å². The Kier molecular flexibility index (Phi) is 5.70. The smallest absolute Gasteiger partial charge is 0.251 e. The van der Waals surface area contributed by atoms with Gasteiger partial charge < -0.3 is 5.32 Å². The summed E-state index contributed by atoms with van der Waals surface area (Å²) < 4.78 is 0. The van der Waals surface area contributed by atoms with Gasteiger partial charge in [-0.05, 0) is 35.9 Å². The summed E-state index contributed by atoms with van der Waals surface area (Å²) in [6.07, 6.45) is 3.27. The molecule has 0 radical (unpaired) electrons. The molecule has 1 unspecified atom stereocenters.